The SMILES string of the molecule is CC(C)c1ccc(NC(=O)C[C@H](C)CC(=O)N[C@H]2CCCc3ccccc32)cc1. The van der Waals surface area contributed by atoms with Crippen LogP contribution < -0.4 is 10.6 Å². The molecule has 0 unspecified atom stereocenters. The zero-order valence-corrected chi connectivity index (χ0v) is 17.7. The number of nitrogens with one attached hydrogen (secondary N) is 2. The highest BCUT2D eigenvalue weighted by Gasteiger charge is 2.22. The summed E-state index contributed by atoms with van der Waals surface area (Å²) in [7, 11) is 0. The minimum atomic E-state index is -0.0504. The lowest BCUT2D eigenvalue weighted by molar-refractivity contribution is -0.123. The van der Waals surface area contributed by atoms with Crippen LogP contribution in [0.1, 0.15) is 75.1 Å². The van der Waals surface area contributed by atoms with Crippen molar-refractivity contribution in [1.82, 2.24) is 5.32 Å². The average Bonchev–Trinajstić information content (AvgIpc) is 2.68. The Kier molecular flexibility index (Phi) is 7.08. The van der Waals surface area contributed by atoms with E-state index in [2.05, 4.69) is 42.7 Å². The van der Waals surface area contributed by atoms with Crippen molar-refractivity contribution in [2.75, 3.05) is 5.32 Å². The lowest BCUT2D eigenvalue weighted by atomic mass is 9.87. The Morgan fingerprint density at radius 1 is 0.966 bits per heavy atom. The summed E-state index contributed by atoms with van der Waals surface area (Å²) in [6, 6.07) is 16.4. The van der Waals surface area contributed by atoms with Gasteiger partial charge in [0, 0.05) is 18.5 Å². The molecule has 4 nitrogen and oxygen atoms in total. The van der Waals surface area contributed by atoms with E-state index >= 15 is 0 Å². The summed E-state index contributed by atoms with van der Waals surface area (Å²) in [6.45, 7) is 6.24. The van der Waals surface area contributed by atoms with Crippen LogP contribution >= 0.6 is 0 Å². The fourth-order valence-corrected chi connectivity index (χ4v) is 4.03. The van der Waals surface area contributed by atoms with Gasteiger partial charge in [-0.15, -0.1) is 0 Å². The summed E-state index contributed by atoms with van der Waals surface area (Å²) >= 11 is 0. The van der Waals surface area contributed by atoms with E-state index in [1.165, 1.54) is 16.7 Å². The van der Waals surface area contributed by atoms with Gasteiger partial charge in [-0.1, -0.05) is 57.2 Å². The van der Waals surface area contributed by atoms with Gasteiger partial charge < -0.3 is 10.6 Å². The second-order valence-corrected chi connectivity index (χ2v) is 8.55. The van der Waals surface area contributed by atoms with Gasteiger partial charge in [-0.2, -0.15) is 0 Å². The third-order valence-electron chi connectivity index (χ3n) is 5.63. The molecule has 1 aliphatic rings. The molecule has 3 rings (SSSR count). The van der Waals surface area contributed by atoms with E-state index in [1.807, 2.05) is 37.3 Å². The van der Waals surface area contributed by atoms with Crippen molar-refractivity contribution in [2.24, 2.45) is 5.92 Å². The molecule has 0 radical (unpaired) electrons. The van der Waals surface area contributed by atoms with Gasteiger partial charge in [0.2, 0.25) is 11.8 Å². The van der Waals surface area contributed by atoms with E-state index in [9.17, 15) is 9.59 Å². The Balaban J connectivity index is 1.47. The molecule has 0 saturated carbocycles. The number of hydrogen-bond donors (Lipinski definition) is 2. The first-order valence-corrected chi connectivity index (χ1v) is 10.7. The van der Waals surface area contributed by atoms with Crippen LogP contribution in [0.2, 0.25) is 0 Å². The summed E-state index contributed by atoms with van der Waals surface area (Å²) in [5.74, 6) is 0.428. The zero-order valence-electron chi connectivity index (χ0n) is 17.7. The molecule has 2 aromatic rings. The van der Waals surface area contributed by atoms with E-state index in [-0.39, 0.29) is 23.8 Å². The maximum atomic E-state index is 12.5. The predicted octanol–water partition coefficient (Wildman–Crippen LogP) is 5.36. The van der Waals surface area contributed by atoms with Gasteiger partial charge in [0.05, 0.1) is 6.04 Å². The highest BCUT2D eigenvalue weighted by Crippen LogP contribution is 2.29. The molecule has 1 aliphatic carbocycles. The molecule has 0 bridgehead atoms. The van der Waals surface area contributed by atoms with E-state index < -0.39 is 0 Å². The van der Waals surface area contributed by atoms with Gasteiger partial charge >= 0.3 is 0 Å². The molecular weight excluding hydrogens is 360 g/mol. The van der Waals surface area contributed by atoms with Gasteiger partial charge in [-0.25, -0.2) is 0 Å². The summed E-state index contributed by atoms with van der Waals surface area (Å²) in [5.41, 5.74) is 4.62. The molecule has 0 aromatic heterocycles. The van der Waals surface area contributed by atoms with Crippen LogP contribution in [0.5, 0.6) is 0 Å². The topological polar surface area (TPSA) is 58.2 Å². The Hall–Kier alpha value is -2.62. The van der Waals surface area contributed by atoms with E-state index in [1.54, 1.807) is 0 Å². The number of fused-ring (bicyclic) bond motifs is 1. The molecule has 2 N–H and O–H groups in total. The molecular formula is C25H32N2O2. The number of carbonyl (C=O) groups is 2. The van der Waals surface area contributed by atoms with Crippen LogP contribution in [-0.2, 0) is 16.0 Å². The van der Waals surface area contributed by atoms with Crippen LogP contribution in [0.15, 0.2) is 48.5 Å². The lowest BCUT2D eigenvalue weighted by Gasteiger charge is -2.26. The van der Waals surface area contributed by atoms with Crippen molar-refractivity contribution < 1.29 is 9.59 Å². The van der Waals surface area contributed by atoms with E-state index in [0.29, 0.717) is 18.8 Å². The van der Waals surface area contributed by atoms with Crippen molar-refractivity contribution in [3.05, 3.63) is 65.2 Å². The largest absolute Gasteiger partial charge is 0.349 e. The second kappa shape index (κ2) is 9.73. The molecule has 0 aliphatic heterocycles. The summed E-state index contributed by atoms with van der Waals surface area (Å²) in [4.78, 5) is 24.9. The van der Waals surface area contributed by atoms with Crippen molar-refractivity contribution in [2.45, 2.75) is 64.8 Å². The second-order valence-electron chi connectivity index (χ2n) is 8.55. The Labute approximate surface area is 174 Å². The minimum absolute atomic E-state index is 0.0104. The highest BCUT2D eigenvalue weighted by molar-refractivity contribution is 5.91. The van der Waals surface area contributed by atoms with Crippen molar-refractivity contribution >= 4 is 17.5 Å². The summed E-state index contributed by atoms with van der Waals surface area (Å²) in [5, 5.41) is 6.11. The van der Waals surface area contributed by atoms with Crippen molar-refractivity contribution in [3.63, 3.8) is 0 Å². The number of amides is 2. The van der Waals surface area contributed by atoms with Crippen molar-refractivity contribution in [1.29, 1.82) is 0 Å². The summed E-state index contributed by atoms with van der Waals surface area (Å²) in [6.07, 6.45) is 3.84. The average molecular weight is 393 g/mol. The fraction of sp³-hybridized carbons (Fsp3) is 0.440. The molecule has 0 fully saturated rings. The molecule has 154 valence electrons. The van der Waals surface area contributed by atoms with Crippen LogP contribution in [0, 0.1) is 5.92 Å². The lowest BCUT2D eigenvalue weighted by Crippen LogP contribution is -2.32. The van der Waals surface area contributed by atoms with E-state index in [4.69, 9.17) is 0 Å². The highest BCUT2D eigenvalue weighted by atomic mass is 16.2. The van der Waals surface area contributed by atoms with Gasteiger partial charge in [-0.05, 0) is 59.9 Å². The first-order valence-electron chi connectivity index (χ1n) is 10.7. The van der Waals surface area contributed by atoms with Crippen LogP contribution in [0.3, 0.4) is 0 Å². The predicted molar refractivity (Wildman–Crippen MR) is 118 cm³/mol. The number of benzene rings is 2. The Morgan fingerprint density at radius 3 is 2.38 bits per heavy atom. The number of carbonyl (C=O) groups excluding carboxylic acids is 2. The molecule has 2 amide bonds. The summed E-state index contributed by atoms with van der Waals surface area (Å²) < 4.78 is 0. The quantitative estimate of drug-likeness (QED) is 0.666. The van der Waals surface area contributed by atoms with Crippen LogP contribution in [-0.4, -0.2) is 11.8 Å². The normalized spacial score (nSPS) is 16.8. The van der Waals surface area contributed by atoms with E-state index in [0.717, 1.165) is 24.9 Å². The fourth-order valence-electron chi connectivity index (χ4n) is 4.03. The maximum absolute atomic E-state index is 12.5. The maximum Gasteiger partial charge on any atom is 0.224 e. The van der Waals surface area contributed by atoms with Crippen LogP contribution in [0.25, 0.3) is 0 Å². The number of aryl methyl sites for hydroxylation is 1. The zero-order chi connectivity index (χ0) is 20.8. The smallest absolute Gasteiger partial charge is 0.224 e. The van der Waals surface area contributed by atoms with Gasteiger partial charge in [0.25, 0.3) is 0 Å². The molecule has 4 heteroatoms. The third kappa shape index (κ3) is 5.93. The molecule has 0 heterocycles. The van der Waals surface area contributed by atoms with Crippen LogP contribution in [0.4, 0.5) is 5.69 Å². The number of rotatable bonds is 7. The monoisotopic (exact) mass is 392 g/mol. The standard InChI is InChI=1S/C25H32N2O2/c1-17(2)19-11-13-21(14-12-19)26-24(28)15-18(3)16-25(29)27-23-10-6-8-20-7-4-5-9-22(20)23/h4-5,7,9,11-14,17-18,23H,6,8,10,15-16H2,1-3H3,(H,26,28)(H,27,29)/t18-,23-/m0/s1. The molecule has 0 spiro atoms. The molecule has 29 heavy (non-hydrogen) atoms. The minimum Gasteiger partial charge on any atom is -0.349 e. The number of anilines is 1. The first kappa shape index (κ1) is 21.1. The number of hydrogen-bond acceptors (Lipinski definition) is 2. The van der Waals surface area contributed by atoms with Gasteiger partial charge in [0.15, 0.2) is 0 Å². The molecule has 0 saturated heterocycles. The third-order valence-corrected chi connectivity index (χ3v) is 5.63. The first-order chi connectivity index (χ1) is 13.9. The van der Waals surface area contributed by atoms with Gasteiger partial charge in [-0.3, -0.25) is 9.59 Å². The van der Waals surface area contributed by atoms with Gasteiger partial charge in [0.1, 0.15) is 0 Å². The molecule has 2 aromatic carbocycles. The Bertz CT molecular complexity index is 842. The Morgan fingerprint density at radius 2 is 1.66 bits per heavy atom. The molecule has 2 atom stereocenters. The van der Waals surface area contributed by atoms with Crippen molar-refractivity contribution in [3.8, 4) is 0 Å².